The Bertz CT molecular complexity index is 679. The smallest absolute Gasteiger partial charge is 0.314 e. The number of nitrogens with one attached hydrogen (secondary N) is 2. The van der Waals surface area contributed by atoms with Crippen LogP contribution in [-0.4, -0.2) is 47.4 Å². The van der Waals surface area contributed by atoms with Crippen molar-refractivity contribution >= 4 is 17.2 Å². The van der Waals surface area contributed by atoms with Gasteiger partial charge in [0.05, 0.1) is 6.61 Å². The standard InChI is InChI=1S/C17H25N5O2/c1-24-12-11-20-17(23)19-10-8-15-21-14-7-4-9-18-16(14)22(15)13-5-2-3-6-13/h4,7,9,13H,2-3,5-6,8,10-12H2,1H3,(H2,19,20,23). The van der Waals surface area contributed by atoms with Crippen LogP contribution in [0.25, 0.3) is 11.2 Å². The van der Waals surface area contributed by atoms with E-state index < -0.39 is 0 Å². The maximum absolute atomic E-state index is 11.7. The molecule has 0 aromatic carbocycles. The van der Waals surface area contributed by atoms with Gasteiger partial charge >= 0.3 is 6.03 Å². The molecule has 2 aromatic rings. The fourth-order valence-corrected chi connectivity index (χ4v) is 3.32. The highest BCUT2D eigenvalue weighted by atomic mass is 16.5. The number of carbonyl (C=O) groups excluding carboxylic acids is 1. The number of hydrogen-bond acceptors (Lipinski definition) is 4. The predicted molar refractivity (Wildman–Crippen MR) is 92.0 cm³/mol. The molecule has 3 rings (SSSR count). The van der Waals surface area contributed by atoms with Crippen LogP contribution in [0.5, 0.6) is 0 Å². The van der Waals surface area contributed by atoms with Gasteiger partial charge in [-0.3, -0.25) is 0 Å². The number of aromatic nitrogens is 3. The molecule has 0 radical (unpaired) electrons. The Kier molecular flexibility index (Phi) is 5.63. The molecule has 1 aliphatic carbocycles. The van der Waals surface area contributed by atoms with E-state index in [1.165, 1.54) is 25.7 Å². The maximum atomic E-state index is 11.7. The van der Waals surface area contributed by atoms with Crippen LogP contribution < -0.4 is 10.6 Å². The normalized spacial score (nSPS) is 15.0. The van der Waals surface area contributed by atoms with Gasteiger partial charge in [-0.25, -0.2) is 14.8 Å². The molecular formula is C17H25N5O2. The minimum absolute atomic E-state index is 0.172. The van der Waals surface area contributed by atoms with Gasteiger partial charge < -0.3 is 19.9 Å². The predicted octanol–water partition coefficient (Wildman–Crippen LogP) is 2.03. The summed E-state index contributed by atoms with van der Waals surface area (Å²) in [6, 6.07) is 4.23. The first-order valence-corrected chi connectivity index (χ1v) is 8.62. The Morgan fingerprint density at radius 1 is 1.33 bits per heavy atom. The average Bonchev–Trinajstić information content (AvgIpc) is 3.21. The van der Waals surface area contributed by atoms with Gasteiger partial charge in [0.1, 0.15) is 11.3 Å². The molecule has 2 N–H and O–H groups in total. The molecule has 1 fully saturated rings. The number of nitrogens with zero attached hydrogens (tertiary/aromatic N) is 3. The van der Waals surface area contributed by atoms with Gasteiger partial charge in [-0.1, -0.05) is 12.8 Å². The molecule has 7 heteroatoms. The third-order valence-electron chi connectivity index (χ3n) is 4.44. The Morgan fingerprint density at radius 2 is 2.12 bits per heavy atom. The Hall–Kier alpha value is -2.15. The second-order valence-electron chi connectivity index (χ2n) is 6.11. The van der Waals surface area contributed by atoms with E-state index in [1.807, 2.05) is 18.3 Å². The molecule has 0 atom stereocenters. The molecule has 1 saturated carbocycles. The third kappa shape index (κ3) is 3.84. The number of pyridine rings is 1. The van der Waals surface area contributed by atoms with Crippen molar-refractivity contribution in [2.75, 3.05) is 26.8 Å². The summed E-state index contributed by atoms with van der Waals surface area (Å²) >= 11 is 0. The van der Waals surface area contributed by atoms with Crippen molar-refractivity contribution in [2.24, 2.45) is 0 Å². The van der Waals surface area contributed by atoms with Crippen LogP contribution in [0.4, 0.5) is 4.79 Å². The summed E-state index contributed by atoms with van der Waals surface area (Å²) in [6.07, 6.45) is 7.40. The molecule has 130 valence electrons. The van der Waals surface area contributed by atoms with Crippen molar-refractivity contribution in [2.45, 2.75) is 38.1 Å². The first-order chi connectivity index (χ1) is 11.8. The fraction of sp³-hybridized carbons (Fsp3) is 0.588. The zero-order valence-corrected chi connectivity index (χ0v) is 14.1. The number of imidazole rings is 1. The van der Waals surface area contributed by atoms with E-state index >= 15 is 0 Å². The number of methoxy groups -OCH3 is 1. The van der Waals surface area contributed by atoms with Crippen LogP contribution in [0.3, 0.4) is 0 Å². The van der Waals surface area contributed by atoms with Gasteiger partial charge in [0, 0.05) is 38.9 Å². The van der Waals surface area contributed by atoms with Gasteiger partial charge in [-0.05, 0) is 25.0 Å². The monoisotopic (exact) mass is 331 g/mol. The molecule has 2 aromatic heterocycles. The van der Waals surface area contributed by atoms with Crippen LogP contribution in [0, 0.1) is 0 Å². The van der Waals surface area contributed by atoms with Crippen molar-refractivity contribution in [1.82, 2.24) is 25.2 Å². The van der Waals surface area contributed by atoms with Gasteiger partial charge in [0.15, 0.2) is 5.65 Å². The average molecular weight is 331 g/mol. The van der Waals surface area contributed by atoms with E-state index in [-0.39, 0.29) is 6.03 Å². The van der Waals surface area contributed by atoms with Gasteiger partial charge in [0.25, 0.3) is 0 Å². The third-order valence-corrected chi connectivity index (χ3v) is 4.44. The largest absolute Gasteiger partial charge is 0.383 e. The molecule has 0 bridgehead atoms. The van der Waals surface area contributed by atoms with Crippen molar-refractivity contribution < 1.29 is 9.53 Å². The second-order valence-corrected chi connectivity index (χ2v) is 6.11. The lowest BCUT2D eigenvalue weighted by Crippen LogP contribution is -2.38. The molecule has 1 aliphatic rings. The molecule has 0 unspecified atom stereocenters. The minimum Gasteiger partial charge on any atom is -0.383 e. The first-order valence-electron chi connectivity index (χ1n) is 8.62. The summed E-state index contributed by atoms with van der Waals surface area (Å²) in [4.78, 5) is 21.0. The molecule has 0 spiro atoms. The van der Waals surface area contributed by atoms with Crippen molar-refractivity contribution in [1.29, 1.82) is 0 Å². The first kappa shape index (κ1) is 16.7. The molecule has 0 aliphatic heterocycles. The maximum Gasteiger partial charge on any atom is 0.314 e. The molecule has 7 nitrogen and oxygen atoms in total. The quantitative estimate of drug-likeness (QED) is 0.761. The summed E-state index contributed by atoms with van der Waals surface area (Å²) in [6.45, 7) is 1.57. The van der Waals surface area contributed by atoms with E-state index in [9.17, 15) is 4.79 Å². The summed E-state index contributed by atoms with van der Waals surface area (Å²) in [5.41, 5.74) is 1.90. The zero-order chi connectivity index (χ0) is 16.8. The lowest BCUT2D eigenvalue weighted by atomic mass is 10.2. The van der Waals surface area contributed by atoms with Gasteiger partial charge in [-0.15, -0.1) is 0 Å². The van der Waals surface area contributed by atoms with Crippen LogP contribution >= 0.6 is 0 Å². The molecular weight excluding hydrogens is 306 g/mol. The topological polar surface area (TPSA) is 81.1 Å². The van der Waals surface area contributed by atoms with Crippen LogP contribution in [-0.2, 0) is 11.2 Å². The van der Waals surface area contributed by atoms with E-state index in [0.717, 1.165) is 17.0 Å². The highest BCUT2D eigenvalue weighted by Crippen LogP contribution is 2.33. The highest BCUT2D eigenvalue weighted by molar-refractivity contribution is 5.74. The number of fused-ring (bicyclic) bond motifs is 1. The lowest BCUT2D eigenvalue weighted by molar-refractivity contribution is 0.196. The van der Waals surface area contributed by atoms with Crippen molar-refractivity contribution in [3.05, 3.63) is 24.2 Å². The summed E-state index contributed by atoms with van der Waals surface area (Å²) in [7, 11) is 1.61. The number of hydrogen-bond donors (Lipinski definition) is 2. The summed E-state index contributed by atoms with van der Waals surface area (Å²) < 4.78 is 7.19. The van der Waals surface area contributed by atoms with Crippen molar-refractivity contribution in [3.63, 3.8) is 0 Å². The van der Waals surface area contributed by atoms with E-state index in [1.54, 1.807) is 7.11 Å². The fourth-order valence-electron chi connectivity index (χ4n) is 3.32. The van der Waals surface area contributed by atoms with Crippen LogP contribution in [0.2, 0.25) is 0 Å². The highest BCUT2D eigenvalue weighted by Gasteiger charge is 2.23. The van der Waals surface area contributed by atoms with Crippen LogP contribution in [0.15, 0.2) is 18.3 Å². The summed E-state index contributed by atoms with van der Waals surface area (Å²) in [5.74, 6) is 1.01. The number of amides is 2. The van der Waals surface area contributed by atoms with E-state index in [2.05, 4.69) is 20.2 Å². The van der Waals surface area contributed by atoms with Crippen molar-refractivity contribution in [3.8, 4) is 0 Å². The Balaban J connectivity index is 1.65. The van der Waals surface area contributed by atoms with E-state index in [0.29, 0.717) is 32.2 Å². The van der Waals surface area contributed by atoms with Gasteiger partial charge in [-0.2, -0.15) is 0 Å². The SMILES string of the molecule is COCCNC(=O)NCCc1nc2cccnc2n1C1CCCC1. The molecule has 24 heavy (non-hydrogen) atoms. The number of rotatable bonds is 7. The number of ether oxygens (including phenoxy) is 1. The Morgan fingerprint density at radius 3 is 2.92 bits per heavy atom. The lowest BCUT2D eigenvalue weighted by Gasteiger charge is -2.16. The van der Waals surface area contributed by atoms with Crippen LogP contribution in [0.1, 0.15) is 37.5 Å². The molecule has 2 amide bonds. The number of carbonyl (C=O) groups is 1. The number of urea groups is 1. The molecule has 0 saturated heterocycles. The second kappa shape index (κ2) is 8.10. The van der Waals surface area contributed by atoms with E-state index in [4.69, 9.17) is 9.72 Å². The minimum atomic E-state index is -0.172. The summed E-state index contributed by atoms with van der Waals surface area (Å²) in [5, 5.41) is 5.62. The Labute approximate surface area is 141 Å². The zero-order valence-electron chi connectivity index (χ0n) is 14.1. The van der Waals surface area contributed by atoms with Gasteiger partial charge in [0.2, 0.25) is 0 Å². The molecule has 2 heterocycles.